The molecule has 9 rings (SSSR count). The number of hydrogen-bond donors (Lipinski definition) is 0. The molecule has 4 aliphatic carbocycles. The van der Waals surface area contributed by atoms with E-state index in [1.807, 2.05) is 18.2 Å². The second kappa shape index (κ2) is 8.29. The molecule has 0 spiro atoms. The van der Waals surface area contributed by atoms with Crippen LogP contribution in [-0.2, 0) is 25.7 Å². The Bertz CT molecular complexity index is 1470. The van der Waals surface area contributed by atoms with Crippen LogP contribution in [0, 0.1) is 5.82 Å². The lowest BCUT2D eigenvalue weighted by Crippen LogP contribution is -2.02. The van der Waals surface area contributed by atoms with E-state index in [2.05, 4.69) is 60.7 Å². The Morgan fingerprint density at radius 3 is 2.12 bits per heavy atom. The van der Waals surface area contributed by atoms with Gasteiger partial charge in [0.1, 0.15) is 5.82 Å². The molecule has 0 N–H and O–H groups in total. The fourth-order valence-electron chi connectivity index (χ4n) is 4.86. The Labute approximate surface area is 193 Å². The first-order valence-corrected chi connectivity index (χ1v) is 11.6. The molecule has 2 heteroatoms. The normalized spacial score (nSPS) is 13.1. The SMILES string of the molecule is Fc1cccc(-c2cc3ccccc3nc2-c2cc3ccc2CCc2ccc(cc2)CC3)c1. The topological polar surface area (TPSA) is 12.9 Å². The number of benzene rings is 4. The standard InChI is InChI=1S/C31H24FN/c32-27-6-3-5-25(19-27)29-20-26-4-1-2-7-30(26)33-31(29)28-18-23-13-12-21-8-10-22(11-9-21)14-16-24(28)17-15-23/h1-11,15,17-20H,12-14,16H2. The van der Waals surface area contributed by atoms with E-state index in [0.717, 1.165) is 59.0 Å². The minimum atomic E-state index is -0.231. The van der Waals surface area contributed by atoms with Crippen LogP contribution >= 0.6 is 0 Å². The van der Waals surface area contributed by atoms with Gasteiger partial charge in [-0.05, 0) is 83.8 Å². The number of fused-ring (bicyclic) bond motifs is 1. The maximum Gasteiger partial charge on any atom is 0.123 e. The third-order valence-corrected chi connectivity index (χ3v) is 6.70. The van der Waals surface area contributed by atoms with Crippen molar-refractivity contribution in [1.82, 2.24) is 4.98 Å². The highest BCUT2D eigenvalue weighted by Gasteiger charge is 2.17. The first kappa shape index (κ1) is 19.9. The summed E-state index contributed by atoms with van der Waals surface area (Å²) in [6.45, 7) is 0. The lowest BCUT2D eigenvalue weighted by atomic mass is 9.89. The summed E-state index contributed by atoms with van der Waals surface area (Å²) in [4.78, 5) is 5.14. The Morgan fingerprint density at radius 1 is 0.576 bits per heavy atom. The van der Waals surface area contributed by atoms with Gasteiger partial charge in [0, 0.05) is 16.5 Å². The minimum absolute atomic E-state index is 0.231. The van der Waals surface area contributed by atoms with E-state index in [9.17, 15) is 4.39 Å². The van der Waals surface area contributed by atoms with Gasteiger partial charge in [-0.25, -0.2) is 9.37 Å². The van der Waals surface area contributed by atoms with Gasteiger partial charge in [-0.3, -0.25) is 0 Å². The summed E-state index contributed by atoms with van der Waals surface area (Å²) in [5.41, 5.74) is 10.2. The number of nitrogens with zero attached hydrogens (tertiary/aromatic N) is 1. The molecule has 1 heterocycles. The molecule has 1 aromatic heterocycles. The number of halogens is 1. The average molecular weight is 430 g/mol. The average Bonchev–Trinajstić information content (AvgIpc) is 2.85. The zero-order valence-electron chi connectivity index (χ0n) is 18.4. The lowest BCUT2D eigenvalue weighted by molar-refractivity contribution is 0.628. The molecule has 0 unspecified atom stereocenters. The molecular formula is C31H24FN. The van der Waals surface area contributed by atoms with Crippen LogP contribution in [0.5, 0.6) is 0 Å². The second-order valence-corrected chi connectivity index (χ2v) is 8.90. The quantitative estimate of drug-likeness (QED) is 0.282. The summed E-state index contributed by atoms with van der Waals surface area (Å²) in [5.74, 6) is -0.231. The largest absolute Gasteiger partial charge is 0.247 e. The third kappa shape index (κ3) is 3.93. The van der Waals surface area contributed by atoms with Gasteiger partial charge in [-0.1, -0.05) is 66.7 Å². The van der Waals surface area contributed by atoms with Gasteiger partial charge in [-0.2, -0.15) is 0 Å². The van der Waals surface area contributed by atoms with Crippen LogP contribution in [0.1, 0.15) is 22.3 Å². The number of aromatic nitrogens is 1. The van der Waals surface area contributed by atoms with Crippen LogP contribution in [0.3, 0.4) is 0 Å². The van der Waals surface area contributed by atoms with Crippen molar-refractivity contribution in [2.45, 2.75) is 25.7 Å². The van der Waals surface area contributed by atoms with Gasteiger partial charge in [0.25, 0.3) is 0 Å². The number of pyridine rings is 1. The molecule has 0 atom stereocenters. The molecule has 1 nitrogen and oxygen atoms in total. The third-order valence-electron chi connectivity index (χ3n) is 6.70. The Hall–Kier alpha value is -3.78. The van der Waals surface area contributed by atoms with E-state index in [-0.39, 0.29) is 5.82 Å². The Balaban J connectivity index is 1.57. The van der Waals surface area contributed by atoms with Gasteiger partial charge in [0.05, 0.1) is 11.2 Å². The van der Waals surface area contributed by atoms with Gasteiger partial charge < -0.3 is 0 Å². The molecule has 4 aromatic carbocycles. The number of hydrogen-bond acceptors (Lipinski definition) is 1. The van der Waals surface area contributed by atoms with Crippen molar-refractivity contribution < 1.29 is 4.39 Å². The second-order valence-electron chi connectivity index (χ2n) is 8.90. The zero-order chi connectivity index (χ0) is 22.2. The van der Waals surface area contributed by atoms with Crippen molar-refractivity contribution in [2.75, 3.05) is 0 Å². The molecule has 0 saturated carbocycles. The highest BCUT2D eigenvalue weighted by molar-refractivity contribution is 5.92. The predicted octanol–water partition coefficient (Wildman–Crippen LogP) is 7.59. The molecule has 0 saturated heterocycles. The first-order valence-electron chi connectivity index (χ1n) is 11.6. The van der Waals surface area contributed by atoms with Crippen LogP contribution in [0.25, 0.3) is 33.3 Å². The first-order chi connectivity index (χ1) is 16.2. The molecule has 0 radical (unpaired) electrons. The molecule has 0 fully saturated rings. The van der Waals surface area contributed by atoms with Gasteiger partial charge in [-0.15, -0.1) is 0 Å². The van der Waals surface area contributed by atoms with E-state index >= 15 is 0 Å². The van der Waals surface area contributed by atoms with E-state index < -0.39 is 0 Å². The molecule has 5 aromatic rings. The van der Waals surface area contributed by atoms with Gasteiger partial charge >= 0.3 is 0 Å². The van der Waals surface area contributed by atoms with Crippen LogP contribution in [-0.4, -0.2) is 4.98 Å². The van der Waals surface area contributed by atoms with Crippen molar-refractivity contribution in [1.29, 1.82) is 0 Å². The van der Waals surface area contributed by atoms with Gasteiger partial charge in [0.15, 0.2) is 0 Å². The Morgan fingerprint density at radius 2 is 1.30 bits per heavy atom. The van der Waals surface area contributed by atoms with Gasteiger partial charge in [0.2, 0.25) is 0 Å². The molecule has 4 aliphatic rings. The van der Waals surface area contributed by atoms with E-state index in [0.29, 0.717) is 0 Å². The smallest absolute Gasteiger partial charge is 0.123 e. The summed E-state index contributed by atoms with van der Waals surface area (Å²) in [5, 5.41) is 1.06. The van der Waals surface area contributed by atoms with Crippen molar-refractivity contribution in [3.63, 3.8) is 0 Å². The van der Waals surface area contributed by atoms with E-state index in [1.165, 1.54) is 28.3 Å². The molecule has 0 amide bonds. The number of aryl methyl sites for hydroxylation is 4. The maximum atomic E-state index is 14.2. The maximum absolute atomic E-state index is 14.2. The molecule has 160 valence electrons. The van der Waals surface area contributed by atoms with Crippen LogP contribution in [0.15, 0.2) is 97.1 Å². The molecule has 0 aliphatic heterocycles. The van der Waals surface area contributed by atoms with Crippen LogP contribution in [0.2, 0.25) is 0 Å². The monoisotopic (exact) mass is 429 g/mol. The summed E-state index contributed by atoms with van der Waals surface area (Å²) < 4.78 is 14.2. The Kier molecular flexibility index (Phi) is 4.99. The highest BCUT2D eigenvalue weighted by Crippen LogP contribution is 2.36. The number of rotatable bonds is 2. The summed E-state index contributed by atoms with van der Waals surface area (Å²) in [7, 11) is 0. The molecule has 4 bridgehead atoms. The molecule has 33 heavy (non-hydrogen) atoms. The fourth-order valence-corrected chi connectivity index (χ4v) is 4.86. The van der Waals surface area contributed by atoms with E-state index in [1.54, 1.807) is 12.1 Å². The summed E-state index contributed by atoms with van der Waals surface area (Å²) in [6, 6.07) is 33.1. The molecular weight excluding hydrogens is 405 g/mol. The van der Waals surface area contributed by atoms with E-state index in [4.69, 9.17) is 4.98 Å². The summed E-state index contributed by atoms with van der Waals surface area (Å²) in [6.07, 6.45) is 3.91. The predicted molar refractivity (Wildman–Crippen MR) is 134 cm³/mol. The summed E-state index contributed by atoms with van der Waals surface area (Å²) >= 11 is 0. The zero-order valence-corrected chi connectivity index (χ0v) is 18.4. The van der Waals surface area contributed by atoms with Crippen molar-refractivity contribution in [2.24, 2.45) is 0 Å². The minimum Gasteiger partial charge on any atom is -0.247 e. The van der Waals surface area contributed by atoms with Crippen molar-refractivity contribution in [3.8, 4) is 22.4 Å². The highest BCUT2D eigenvalue weighted by atomic mass is 19.1. The van der Waals surface area contributed by atoms with Crippen molar-refractivity contribution in [3.05, 3.63) is 125 Å². The fraction of sp³-hybridized carbons (Fsp3) is 0.129. The van der Waals surface area contributed by atoms with Crippen LogP contribution in [0.4, 0.5) is 4.39 Å². The lowest BCUT2D eigenvalue weighted by Gasteiger charge is -2.17. The van der Waals surface area contributed by atoms with Crippen molar-refractivity contribution >= 4 is 10.9 Å². The van der Waals surface area contributed by atoms with Crippen LogP contribution < -0.4 is 0 Å². The number of para-hydroxylation sites is 1.